The van der Waals surface area contributed by atoms with E-state index in [1.807, 2.05) is 11.8 Å². The summed E-state index contributed by atoms with van der Waals surface area (Å²) in [5.41, 5.74) is -2.03. The Hall–Kier alpha value is -0.750. The van der Waals surface area contributed by atoms with Gasteiger partial charge >= 0.3 is 5.97 Å². The van der Waals surface area contributed by atoms with E-state index in [4.69, 9.17) is 9.47 Å². The number of rotatable bonds is 2. The third-order valence-electron chi connectivity index (χ3n) is 3.61. The maximum Gasteiger partial charge on any atom is 0.348 e. The SMILES string of the molecule is CC(C)(C)OC(=O)C1(C(=O)N2CCCSCC2)CCCO1. The molecule has 120 valence electrons. The lowest BCUT2D eigenvalue weighted by atomic mass is 9.97. The molecule has 21 heavy (non-hydrogen) atoms. The summed E-state index contributed by atoms with van der Waals surface area (Å²) in [6.45, 7) is 7.23. The van der Waals surface area contributed by atoms with Crippen molar-refractivity contribution in [2.24, 2.45) is 0 Å². The van der Waals surface area contributed by atoms with Gasteiger partial charge in [0.25, 0.3) is 5.91 Å². The summed E-state index contributed by atoms with van der Waals surface area (Å²) in [5.74, 6) is 1.23. The summed E-state index contributed by atoms with van der Waals surface area (Å²) in [7, 11) is 0. The fourth-order valence-corrected chi connectivity index (χ4v) is 3.51. The molecule has 1 atom stereocenters. The smallest absolute Gasteiger partial charge is 0.348 e. The summed E-state index contributed by atoms with van der Waals surface area (Å²) >= 11 is 1.85. The number of esters is 1. The number of carbonyl (C=O) groups is 2. The van der Waals surface area contributed by atoms with Gasteiger partial charge in [0.15, 0.2) is 0 Å². The maximum absolute atomic E-state index is 12.9. The molecular weight excluding hydrogens is 290 g/mol. The zero-order chi connectivity index (χ0) is 15.5. The molecule has 0 aromatic rings. The summed E-state index contributed by atoms with van der Waals surface area (Å²) in [6, 6.07) is 0. The average Bonchev–Trinajstić information content (AvgIpc) is 2.73. The predicted molar refractivity (Wildman–Crippen MR) is 82.3 cm³/mol. The highest BCUT2D eigenvalue weighted by Crippen LogP contribution is 2.31. The van der Waals surface area contributed by atoms with Crippen LogP contribution in [-0.2, 0) is 19.1 Å². The molecular formula is C15H25NO4S. The minimum Gasteiger partial charge on any atom is -0.457 e. The van der Waals surface area contributed by atoms with Crippen LogP contribution in [-0.4, -0.2) is 59.2 Å². The molecule has 0 aromatic heterocycles. The zero-order valence-corrected chi connectivity index (χ0v) is 14.0. The van der Waals surface area contributed by atoms with Crippen LogP contribution in [0.2, 0.25) is 0 Å². The van der Waals surface area contributed by atoms with E-state index >= 15 is 0 Å². The van der Waals surface area contributed by atoms with Crippen LogP contribution in [0.1, 0.15) is 40.0 Å². The fraction of sp³-hybridized carbons (Fsp3) is 0.867. The van der Waals surface area contributed by atoms with E-state index in [0.717, 1.165) is 17.9 Å². The van der Waals surface area contributed by atoms with Crippen molar-refractivity contribution in [1.82, 2.24) is 4.90 Å². The lowest BCUT2D eigenvalue weighted by Crippen LogP contribution is -2.56. The molecule has 5 nitrogen and oxygen atoms in total. The molecule has 1 unspecified atom stereocenters. The van der Waals surface area contributed by atoms with Crippen molar-refractivity contribution in [3.63, 3.8) is 0 Å². The third kappa shape index (κ3) is 3.92. The van der Waals surface area contributed by atoms with Crippen LogP contribution in [0, 0.1) is 0 Å². The van der Waals surface area contributed by atoms with Gasteiger partial charge in [0.1, 0.15) is 5.60 Å². The second-order valence-corrected chi connectivity index (χ2v) is 7.76. The molecule has 0 aliphatic carbocycles. The van der Waals surface area contributed by atoms with Gasteiger partial charge in [0.05, 0.1) is 0 Å². The van der Waals surface area contributed by atoms with Crippen molar-refractivity contribution < 1.29 is 19.1 Å². The lowest BCUT2D eigenvalue weighted by molar-refractivity contribution is -0.186. The van der Waals surface area contributed by atoms with Crippen molar-refractivity contribution in [1.29, 1.82) is 0 Å². The van der Waals surface area contributed by atoms with Gasteiger partial charge in [-0.25, -0.2) is 4.79 Å². The highest BCUT2D eigenvalue weighted by molar-refractivity contribution is 7.99. The van der Waals surface area contributed by atoms with Crippen LogP contribution in [0.25, 0.3) is 0 Å². The van der Waals surface area contributed by atoms with Gasteiger partial charge in [-0.3, -0.25) is 4.79 Å². The fourth-order valence-electron chi connectivity index (χ4n) is 2.62. The van der Waals surface area contributed by atoms with Crippen LogP contribution in [0.15, 0.2) is 0 Å². The molecule has 0 radical (unpaired) electrons. The van der Waals surface area contributed by atoms with Crippen LogP contribution in [0.4, 0.5) is 0 Å². The molecule has 2 aliphatic rings. The Kier molecular flexibility index (Phi) is 5.20. The Morgan fingerprint density at radius 2 is 1.95 bits per heavy atom. The number of amides is 1. The zero-order valence-electron chi connectivity index (χ0n) is 13.1. The van der Waals surface area contributed by atoms with Crippen molar-refractivity contribution in [3.05, 3.63) is 0 Å². The van der Waals surface area contributed by atoms with Crippen LogP contribution < -0.4 is 0 Å². The first kappa shape index (κ1) is 16.6. The predicted octanol–water partition coefficient (Wildman–Crippen LogP) is 1.84. The Bertz CT molecular complexity index is 391. The largest absolute Gasteiger partial charge is 0.457 e. The minimum atomic E-state index is -1.41. The Labute approximate surface area is 130 Å². The molecule has 6 heteroatoms. The van der Waals surface area contributed by atoms with Crippen molar-refractivity contribution >= 4 is 23.6 Å². The van der Waals surface area contributed by atoms with Crippen LogP contribution >= 0.6 is 11.8 Å². The molecule has 2 rings (SSSR count). The molecule has 0 spiro atoms. The number of nitrogens with zero attached hydrogens (tertiary/aromatic N) is 1. The Balaban J connectivity index is 2.16. The highest BCUT2D eigenvalue weighted by Gasteiger charge is 2.54. The van der Waals surface area contributed by atoms with E-state index in [0.29, 0.717) is 32.5 Å². The van der Waals surface area contributed by atoms with Gasteiger partial charge in [-0.05, 0) is 45.8 Å². The molecule has 2 saturated heterocycles. The lowest BCUT2D eigenvalue weighted by Gasteiger charge is -2.33. The Morgan fingerprint density at radius 1 is 1.19 bits per heavy atom. The van der Waals surface area contributed by atoms with Crippen molar-refractivity contribution in [3.8, 4) is 0 Å². The molecule has 0 aromatic carbocycles. The molecule has 0 saturated carbocycles. The first-order chi connectivity index (χ1) is 9.85. The molecule has 2 heterocycles. The van der Waals surface area contributed by atoms with Crippen LogP contribution in [0.3, 0.4) is 0 Å². The van der Waals surface area contributed by atoms with Crippen LogP contribution in [0.5, 0.6) is 0 Å². The molecule has 0 N–H and O–H groups in total. The topological polar surface area (TPSA) is 55.8 Å². The number of thioether (sulfide) groups is 1. The molecule has 2 aliphatic heterocycles. The van der Waals surface area contributed by atoms with E-state index in [9.17, 15) is 9.59 Å². The summed E-state index contributed by atoms with van der Waals surface area (Å²) in [4.78, 5) is 27.2. The van der Waals surface area contributed by atoms with Crippen molar-refractivity contribution in [2.75, 3.05) is 31.2 Å². The van der Waals surface area contributed by atoms with Gasteiger partial charge in [-0.2, -0.15) is 11.8 Å². The molecule has 1 amide bonds. The summed E-state index contributed by atoms with van der Waals surface area (Å²) < 4.78 is 11.1. The molecule has 0 bridgehead atoms. The first-order valence-corrected chi connectivity index (χ1v) is 8.75. The normalized spacial score (nSPS) is 27.3. The third-order valence-corrected chi connectivity index (χ3v) is 4.65. The number of hydrogen-bond acceptors (Lipinski definition) is 5. The first-order valence-electron chi connectivity index (χ1n) is 7.60. The van der Waals surface area contributed by atoms with Crippen molar-refractivity contribution in [2.45, 2.75) is 51.2 Å². The van der Waals surface area contributed by atoms with E-state index in [1.165, 1.54) is 0 Å². The van der Waals surface area contributed by atoms with E-state index < -0.39 is 17.2 Å². The standard InChI is InChI=1S/C15H25NO4S/c1-14(2,3)20-13(18)15(6-4-9-19-15)12(17)16-7-5-10-21-11-8-16/h4-11H2,1-3H3. The maximum atomic E-state index is 12.9. The monoisotopic (exact) mass is 315 g/mol. The van der Waals surface area contributed by atoms with Gasteiger partial charge < -0.3 is 14.4 Å². The van der Waals surface area contributed by atoms with Gasteiger partial charge in [-0.1, -0.05) is 0 Å². The second-order valence-electron chi connectivity index (χ2n) is 6.54. The highest BCUT2D eigenvalue weighted by atomic mass is 32.2. The summed E-state index contributed by atoms with van der Waals surface area (Å²) in [6.07, 6.45) is 2.10. The van der Waals surface area contributed by atoms with E-state index in [1.54, 1.807) is 25.7 Å². The number of carbonyl (C=O) groups excluding carboxylic acids is 2. The Morgan fingerprint density at radius 3 is 2.57 bits per heavy atom. The quantitative estimate of drug-likeness (QED) is 0.575. The number of hydrogen-bond donors (Lipinski definition) is 0. The van der Waals surface area contributed by atoms with Gasteiger partial charge in [0, 0.05) is 25.4 Å². The van der Waals surface area contributed by atoms with E-state index in [2.05, 4.69) is 0 Å². The average molecular weight is 315 g/mol. The molecule has 2 fully saturated rings. The van der Waals surface area contributed by atoms with Gasteiger partial charge in [0.2, 0.25) is 5.60 Å². The number of ether oxygens (including phenoxy) is 2. The van der Waals surface area contributed by atoms with Gasteiger partial charge in [-0.15, -0.1) is 0 Å². The minimum absolute atomic E-state index is 0.211. The van der Waals surface area contributed by atoms with E-state index in [-0.39, 0.29) is 5.91 Å². The second kappa shape index (κ2) is 6.57. The summed E-state index contributed by atoms with van der Waals surface area (Å²) in [5, 5.41) is 0.